The molecule has 4 aliphatic rings. The first-order valence-corrected chi connectivity index (χ1v) is 9.96. The van der Waals surface area contributed by atoms with Crippen molar-refractivity contribution in [1.29, 1.82) is 0 Å². The van der Waals surface area contributed by atoms with Crippen LogP contribution in [-0.2, 0) is 0 Å². The minimum absolute atomic E-state index is 0.0588. The lowest BCUT2D eigenvalue weighted by molar-refractivity contribution is 0.0217. The van der Waals surface area contributed by atoms with Crippen LogP contribution < -0.4 is 5.32 Å². The van der Waals surface area contributed by atoms with E-state index in [0.29, 0.717) is 17.9 Å². The first-order chi connectivity index (χ1) is 11.7. The Morgan fingerprint density at radius 3 is 2.75 bits per heavy atom. The summed E-state index contributed by atoms with van der Waals surface area (Å²) in [6.45, 7) is 4.63. The van der Waals surface area contributed by atoms with E-state index in [1.807, 2.05) is 12.1 Å². The van der Waals surface area contributed by atoms with Crippen LogP contribution in [0.25, 0.3) is 10.2 Å². The highest BCUT2D eigenvalue weighted by atomic mass is 32.1. The second-order valence-corrected chi connectivity index (χ2v) is 8.68. The van der Waals surface area contributed by atoms with Crippen LogP contribution in [0.1, 0.15) is 53.9 Å². The molecule has 4 heterocycles. The lowest BCUT2D eigenvalue weighted by Gasteiger charge is -2.49. The third-order valence-corrected chi connectivity index (χ3v) is 7.27. The topological polar surface area (TPSA) is 45.2 Å². The summed E-state index contributed by atoms with van der Waals surface area (Å²) in [7, 11) is 0. The maximum Gasteiger partial charge on any atom is 0.251 e. The van der Waals surface area contributed by atoms with Crippen molar-refractivity contribution in [3.05, 3.63) is 28.8 Å². The van der Waals surface area contributed by atoms with Crippen LogP contribution in [0, 0.1) is 5.92 Å². The molecule has 2 atom stereocenters. The number of nitrogens with zero attached hydrogens (tertiary/aromatic N) is 2. The average molecular weight is 341 g/mol. The minimum Gasteiger partial charge on any atom is -0.347 e. The largest absolute Gasteiger partial charge is 0.347 e. The Bertz CT molecular complexity index is 787. The van der Waals surface area contributed by atoms with E-state index in [0.717, 1.165) is 11.1 Å². The summed E-state index contributed by atoms with van der Waals surface area (Å²) in [5.74, 6) is 1.37. The average Bonchev–Trinajstić information content (AvgIpc) is 3.37. The highest BCUT2D eigenvalue weighted by Crippen LogP contribution is 2.43. The maximum atomic E-state index is 12.8. The Morgan fingerprint density at radius 2 is 2.04 bits per heavy atom. The molecule has 2 aromatic rings. The Kier molecular flexibility index (Phi) is 3.42. The Balaban J connectivity index is 1.37. The van der Waals surface area contributed by atoms with Crippen LogP contribution in [0.4, 0.5) is 0 Å². The second-order valence-electron chi connectivity index (χ2n) is 7.62. The van der Waals surface area contributed by atoms with E-state index in [-0.39, 0.29) is 11.9 Å². The van der Waals surface area contributed by atoms with E-state index in [4.69, 9.17) is 4.98 Å². The first kappa shape index (κ1) is 14.8. The summed E-state index contributed by atoms with van der Waals surface area (Å²) in [6.07, 6.45) is 4.96. The summed E-state index contributed by atoms with van der Waals surface area (Å²) in [6, 6.07) is 6.73. The van der Waals surface area contributed by atoms with Crippen molar-refractivity contribution in [3.63, 3.8) is 0 Å². The molecule has 2 bridgehead atoms. The molecule has 1 aromatic carbocycles. The monoisotopic (exact) mass is 341 g/mol. The van der Waals surface area contributed by atoms with Crippen LogP contribution >= 0.6 is 11.3 Å². The van der Waals surface area contributed by atoms with Gasteiger partial charge in [0.05, 0.1) is 15.2 Å². The molecule has 0 spiro atoms. The van der Waals surface area contributed by atoms with Crippen LogP contribution in [0.5, 0.6) is 0 Å². The Hall–Kier alpha value is -1.46. The fraction of sp³-hybridized carbons (Fsp3) is 0.579. The third-order valence-electron chi connectivity index (χ3n) is 6.07. The van der Waals surface area contributed by atoms with Gasteiger partial charge in [-0.3, -0.25) is 9.69 Å². The van der Waals surface area contributed by atoms with Crippen molar-refractivity contribution >= 4 is 27.5 Å². The highest BCUT2D eigenvalue weighted by molar-refractivity contribution is 7.18. The van der Waals surface area contributed by atoms with E-state index >= 15 is 0 Å². The minimum atomic E-state index is 0.0588. The van der Waals surface area contributed by atoms with Gasteiger partial charge in [-0.15, -0.1) is 11.3 Å². The number of amides is 1. The van der Waals surface area contributed by atoms with Gasteiger partial charge in [-0.05, 0) is 69.8 Å². The van der Waals surface area contributed by atoms with E-state index in [1.54, 1.807) is 11.3 Å². The van der Waals surface area contributed by atoms with Crippen LogP contribution in [0.2, 0.25) is 0 Å². The summed E-state index contributed by atoms with van der Waals surface area (Å²) in [4.78, 5) is 20.0. The number of benzene rings is 1. The van der Waals surface area contributed by atoms with E-state index in [2.05, 4.69) is 23.2 Å². The number of nitrogens with one attached hydrogen (secondary N) is 1. The summed E-state index contributed by atoms with van der Waals surface area (Å²) >= 11 is 1.78. The van der Waals surface area contributed by atoms with Gasteiger partial charge in [-0.25, -0.2) is 4.98 Å². The quantitative estimate of drug-likeness (QED) is 0.931. The third kappa shape index (κ3) is 2.45. The molecule has 3 aliphatic heterocycles. The van der Waals surface area contributed by atoms with Crippen molar-refractivity contribution < 1.29 is 4.79 Å². The number of aromatic nitrogens is 1. The Morgan fingerprint density at radius 1 is 1.25 bits per heavy atom. The van der Waals surface area contributed by atoms with Crippen LogP contribution in [-0.4, -0.2) is 41.0 Å². The highest BCUT2D eigenvalue weighted by Gasteiger charge is 2.40. The fourth-order valence-corrected chi connectivity index (χ4v) is 5.49. The molecule has 1 amide bonds. The van der Waals surface area contributed by atoms with Crippen molar-refractivity contribution in [3.8, 4) is 0 Å². The fourth-order valence-electron chi connectivity index (χ4n) is 4.37. The van der Waals surface area contributed by atoms with Gasteiger partial charge in [-0.1, -0.05) is 0 Å². The molecule has 24 heavy (non-hydrogen) atoms. The number of carbonyl (C=O) groups excluding carboxylic acids is 1. The van der Waals surface area contributed by atoms with Gasteiger partial charge in [0, 0.05) is 23.6 Å². The first-order valence-electron chi connectivity index (χ1n) is 9.14. The number of carbonyl (C=O) groups is 1. The van der Waals surface area contributed by atoms with Crippen LogP contribution in [0.3, 0.4) is 0 Å². The molecule has 4 fully saturated rings. The van der Waals surface area contributed by atoms with E-state index < -0.39 is 0 Å². The molecule has 1 aliphatic carbocycles. The molecule has 0 radical (unpaired) electrons. The van der Waals surface area contributed by atoms with Crippen molar-refractivity contribution in [1.82, 2.24) is 15.2 Å². The molecule has 126 valence electrons. The molecule has 6 rings (SSSR count). The zero-order valence-corrected chi connectivity index (χ0v) is 14.8. The van der Waals surface area contributed by atoms with Gasteiger partial charge in [0.2, 0.25) is 0 Å². The second kappa shape index (κ2) is 5.53. The molecule has 1 saturated carbocycles. The molecule has 4 nitrogen and oxygen atoms in total. The Labute approximate surface area is 146 Å². The maximum absolute atomic E-state index is 12.8. The molecular weight excluding hydrogens is 318 g/mol. The molecular formula is C19H23N3OS. The summed E-state index contributed by atoms with van der Waals surface area (Å²) in [5.41, 5.74) is 1.73. The number of piperidine rings is 3. The summed E-state index contributed by atoms with van der Waals surface area (Å²) in [5, 5.41) is 4.56. The number of rotatable bonds is 3. The van der Waals surface area contributed by atoms with Gasteiger partial charge in [0.1, 0.15) is 0 Å². The zero-order chi connectivity index (χ0) is 16.3. The zero-order valence-electron chi connectivity index (χ0n) is 14.0. The van der Waals surface area contributed by atoms with Crippen molar-refractivity contribution in [2.24, 2.45) is 5.92 Å². The predicted octanol–water partition coefficient (Wildman–Crippen LogP) is 3.39. The molecule has 1 N–H and O–H groups in total. The van der Waals surface area contributed by atoms with Gasteiger partial charge < -0.3 is 5.32 Å². The molecule has 5 heteroatoms. The summed E-state index contributed by atoms with van der Waals surface area (Å²) < 4.78 is 1.20. The van der Waals surface area contributed by atoms with Crippen LogP contribution in [0.15, 0.2) is 18.2 Å². The van der Waals surface area contributed by atoms with Crippen molar-refractivity contribution in [2.75, 3.05) is 13.1 Å². The predicted molar refractivity (Wildman–Crippen MR) is 96.6 cm³/mol. The SMILES string of the molecule is CC1C(NC(=O)c2ccc3sc(C4CC4)nc3c2)C2CCN1CC2. The van der Waals surface area contributed by atoms with E-state index in [1.165, 1.54) is 48.5 Å². The molecule has 1 aromatic heterocycles. The van der Waals surface area contributed by atoms with Gasteiger partial charge in [0.25, 0.3) is 5.91 Å². The standard InChI is InChI=1S/C19H23N3OS/c1-11-17(12-6-8-22(11)9-7-12)21-18(23)14-4-5-16-15(10-14)20-19(24-16)13-2-3-13/h4-5,10-13,17H,2-3,6-9H2,1H3,(H,21,23). The molecule has 2 unspecified atom stereocenters. The van der Waals surface area contributed by atoms with Gasteiger partial charge >= 0.3 is 0 Å². The number of hydrogen-bond acceptors (Lipinski definition) is 4. The number of thiazole rings is 1. The lowest BCUT2D eigenvalue weighted by atomic mass is 9.79. The van der Waals surface area contributed by atoms with Crippen molar-refractivity contribution in [2.45, 2.75) is 50.6 Å². The van der Waals surface area contributed by atoms with Gasteiger partial charge in [0.15, 0.2) is 0 Å². The molecule has 3 saturated heterocycles. The lowest BCUT2D eigenvalue weighted by Crippen LogP contribution is -2.62. The number of fused-ring (bicyclic) bond motifs is 4. The van der Waals surface area contributed by atoms with E-state index in [9.17, 15) is 4.79 Å². The van der Waals surface area contributed by atoms with Gasteiger partial charge in [-0.2, -0.15) is 0 Å². The normalized spacial score (nSPS) is 32.2. The smallest absolute Gasteiger partial charge is 0.251 e. The number of hydrogen-bond donors (Lipinski definition) is 1.